The highest BCUT2D eigenvalue weighted by atomic mass is 33.1. The molecule has 4 fully saturated rings. The first-order chi connectivity index (χ1) is 13.2. The van der Waals surface area contributed by atoms with Crippen molar-refractivity contribution in [2.24, 2.45) is 5.73 Å². The molecule has 0 radical (unpaired) electrons. The Morgan fingerprint density at radius 1 is 1.43 bits per heavy atom. The van der Waals surface area contributed by atoms with E-state index in [4.69, 9.17) is 10.8 Å². The van der Waals surface area contributed by atoms with E-state index < -0.39 is 40.5 Å². The minimum atomic E-state index is -1.28. The van der Waals surface area contributed by atoms with Crippen LogP contribution in [0.25, 0.3) is 0 Å². The number of thiol groups is 1. The van der Waals surface area contributed by atoms with E-state index in [1.165, 1.54) is 31.4 Å². The van der Waals surface area contributed by atoms with E-state index in [0.717, 1.165) is 5.57 Å². The van der Waals surface area contributed by atoms with Gasteiger partial charge in [0.1, 0.15) is 6.04 Å². The van der Waals surface area contributed by atoms with Gasteiger partial charge in [-0.1, -0.05) is 29.0 Å². The number of piperazine rings is 1. The first kappa shape index (κ1) is 21.5. The van der Waals surface area contributed by atoms with Crippen LogP contribution in [0.1, 0.15) is 6.42 Å². The van der Waals surface area contributed by atoms with Crippen LogP contribution in [0.4, 0.5) is 0 Å². The maximum atomic E-state index is 12.9. The van der Waals surface area contributed by atoms with Crippen molar-refractivity contribution in [3.63, 3.8) is 0 Å². The van der Waals surface area contributed by atoms with Crippen LogP contribution in [0.15, 0.2) is 23.8 Å². The van der Waals surface area contributed by atoms with Gasteiger partial charge in [-0.2, -0.15) is 12.6 Å². The summed E-state index contributed by atoms with van der Waals surface area (Å²) in [5.41, 5.74) is 5.83. The third-order valence-electron chi connectivity index (χ3n) is 5.21. The predicted molar refractivity (Wildman–Crippen MR) is 108 cm³/mol. The molecule has 5 aliphatic rings. The number of hydrogen-bond donors (Lipinski definition) is 5. The van der Waals surface area contributed by atoms with Gasteiger partial charge in [-0.15, -0.1) is 0 Å². The van der Waals surface area contributed by atoms with Crippen molar-refractivity contribution in [2.45, 2.75) is 34.4 Å². The number of carbonyl (C=O) groups is 3. The van der Waals surface area contributed by atoms with Gasteiger partial charge in [0.25, 0.3) is 11.8 Å². The number of aliphatic hydroxyl groups is 2. The number of allylic oxidation sites excluding steroid dienone is 2. The summed E-state index contributed by atoms with van der Waals surface area (Å²) in [4.78, 5) is 36.1. The number of amides is 2. The van der Waals surface area contributed by atoms with E-state index in [9.17, 15) is 24.6 Å². The Labute approximate surface area is 174 Å². The zero-order valence-electron chi connectivity index (χ0n) is 14.9. The fourth-order valence-electron chi connectivity index (χ4n) is 3.62. The topological polar surface area (TPSA) is 144 Å². The smallest absolute Gasteiger partial charge is 0.321 e. The molecule has 5 N–H and O–H groups in total. The number of hydrogen-bond acceptors (Lipinski definition) is 9. The van der Waals surface area contributed by atoms with Gasteiger partial charge in [-0.05, 0) is 16.4 Å². The summed E-state index contributed by atoms with van der Waals surface area (Å²) in [5, 5.41) is 28.0. The van der Waals surface area contributed by atoms with Gasteiger partial charge in [-0.25, -0.2) is 0 Å². The first-order valence-electron chi connectivity index (χ1n) is 8.40. The molecule has 4 saturated heterocycles. The number of carbonyl (C=O) groups excluding carboxylic acids is 2. The largest absolute Gasteiger partial charge is 0.480 e. The van der Waals surface area contributed by atoms with Crippen LogP contribution in [0.2, 0.25) is 0 Å². The molecule has 2 amide bonds. The Morgan fingerprint density at radius 3 is 2.64 bits per heavy atom. The fourth-order valence-corrected chi connectivity index (χ4v) is 7.35. The molecular weight excluding hydrogens is 426 g/mol. The number of aliphatic carboxylic acids is 1. The summed E-state index contributed by atoms with van der Waals surface area (Å²) >= 11 is 3.65. The van der Waals surface area contributed by atoms with Crippen molar-refractivity contribution in [1.29, 1.82) is 0 Å². The molecule has 12 heteroatoms. The molecule has 154 valence electrons. The molecule has 9 nitrogen and oxygen atoms in total. The number of likely N-dealkylation sites (N-methyl/N-ethyl adjacent to an activating group) is 1. The summed E-state index contributed by atoms with van der Waals surface area (Å²) < 4.78 is 0. The molecular formula is C16H21N3O6S3. The second kappa shape index (κ2) is 7.58. The summed E-state index contributed by atoms with van der Waals surface area (Å²) in [5.74, 6) is -1.29. The second-order valence-corrected chi connectivity index (χ2v) is 9.85. The molecule has 0 aromatic carbocycles. The molecule has 0 saturated carbocycles. The van der Waals surface area contributed by atoms with Gasteiger partial charge in [0, 0.05) is 19.2 Å². The summed E-state index contributed by atoms with van der Waals surface area (Å²) in [7, 11) is 4.14. The Kier molecular flexibility index (Phi) is 5.82. The lowest BCUT2D eigenvalue weighted by atomic mass is 9.97. The van der Waals surface area contributed by atoms with Gasteiger partial charge in [0.05, 0.1) is 18.8 Å². The fraction of sp³-hybridized carbons (Fsp3) is 0.562. The van der Waals surface area contributed by atoms with Crippen LogP contribution >= 0.6 is 34.2 Å². The highest BCUT2D eigenvalue weighted by molar-refractivity contribution is 8.78. The van der Waals surface area contributed by atoms with Gasteiger partial charge in [0.15, 0.2) is 4.87 Å². The third kappa shape index (κ3) is 2.89. The highest BCUT2D eigenvalue weighted by Gasteiger charge is 2.73. The van der Waals surface area contributed by atoms with Gasteiger partial charge < -0.3 is 30.9 Å². The first-order valence-corrected chi connectivity index (χ1v) is 11.2. The molecule has 0 aromatic heterocycles. The Balaban J connectivity index is 0.000000279. The maximum Gasteiger partial charge on any atom is 0.321 e. The monoisotopic (exact) mass is 447 g/mol. The molecule has 28 heavy (non-hydrogen) atoms. The van der Waals surface area contributed by atoms with Crippen molar-refractivity contribution >= 4 is 52.0 Å². The number of nitrogens with zero attached hydrogens (tertiary/aromatic N) is 2. The number of carboxylic acids is 1. The normalized spacial score (nSPS) is 36.4. The van der Waals surface area contributed by atoms with Crippen LogP contribution in [0.3, 0.4) is 0 Å². The van der Waals surface area contributed by atoms with E-state index in [0.29, 0.717) is 6.42 Å². The quantitative estimate of drug-likeness (QED) is 0.272. The lowest BCUT2D eigenvalue weighted by Gasteiger charge is -2.58. The zero-order valence-corrected chi connectivity index (χ0v) is 17.4. The molecule has 1 spiro atoms. The third-order valence-corrected chi connectivity index (χ3v) is 9.24. The molecule has 2 bridgehead atoms. The van der Waals surface area contributed by atoms with E-state index in [-0.39, 0.29) is 17.6 Å². The van der Waals surface area contributed by atoms with Crippen LogP contribution in [-0.2, 0) is 14.4 Å². The summed E-state index contributed by atoms with van der Waals surface area (Å²) in [6.07, 6.45) is 4.87. The molecule has 0 aromatic rings. The van der Waals surface area contributed by atoms with Crippen LogP contribution in [0, 0.1) is 0 Å². The predicted octanol–water partition coefficient (Wildman–Crippen LogP) is -0.976. The van der Waals surface area contributed by atoms with Gasteiger partial charge in [-0.3, -0.25) is 14.4 Å². The number of nitrogens with two attached hydrogens (primary N) is 1. The number of aliphatic hydroxyl groups excluding tert-OH is 2. The Bertz CT molecular complexity index is 777. The molecule has 0 unspecified atom stereocenters. The molecule has 5 rings (SSSR count). The minimum absolute atomic E-state index is 0.178. The van der Waals surface area contributed by atoms with Gasteiger partial charge >= 0.3 is 5.97 Å². The number of rotatable bonds is 3. The lowest BCUT2D eigenvalue weighted by Crippen LogP contribution is -2.77. The molecule has 5 atom stereocenters. The second-order valence-electron chi connectivity index (χ2n) is 6.80. The van der Waals surface area contributed by atoms with Crippen LogP contribution in [0.5, 0.6) is 0 Å². The summed E-state index contributed by atoms with van der Waals surface area (Å²) in [6, 6.07) is -1.32. The molecule has 1 aliphatic carbocycles. The van der Waals surface area contributed by atoms with Crippen LogP contribution < -0.4 is 5.73 Å². The molecule has 4 heterocycles. The zero-order chi connectivity index (χ0) is 20.9. The average Bonchev–Trinajstić information content (AvgIpc) is 3.03. The van der Waals surface area contributed by atoms with Gasteiger partial charge in [0.2, 0.25) is 4.87 Å². The number of fused-ring (bicyclic) bond motifs is 3. The van der Waals surface area contributed by atoms with Crippen LogP contribution in [-0.4, -0.2) is 90.2 Å². The van der Waals surface area contributed by atoms with E-state index >= 15 is 0 Å². The standard InChI is InChI=1S/C13H14N2O4S2.C3H7NO2S/c1-14-10(18)12-5-7-3-2-4-8(17)9(7)15(12)11(19)13(14,6-16)21-20-12;4-2(1-7)3(5)6/h2-4,8-9,16-17H,5-6H2,1H3;2,7H,1,4H2,(H,5,6)/t8-,9-,12+,13+;2-/m00/s1. The summed E-state index contributed by atoms with van der Waals surface area (Å²) in [6.45, 7) is -0.435. The van der Waals surface area contributed by atoms with Crippen molar-refractivity contribution in [1.82, 2.24) is 9.80 Å². The maximum absolute atomic E-state index is 12.9. The molecule has 4 aliphatic heterocycles. The Hall–Kier alpha value is -1.18. The SMILES string of the molecule is CN1C(=O)[C@]23CC4=CC=C[C@H](O)[C@H]4N2C(=O)[C@@]1(CO)SS3.N[C@@H](CS)C(=O)O. The van der Waals surface area contributed by atoms with Crippen molar-refractivity contribution in [3.05, 3.63) is 23.8 Å². The minimum Gasteiger partial charge on any atom is -0.480 e. The van der Waals surface area contributed by atoms with E-state index in [1.807, 2.05) is 6.08 Å². The lowest BCUT2D eigenvalue weighted by molar-refractivity contribution is -0.168. The van der Waals surface area contributed by atoms with Crippen molar-refractivity contribution < 1.29 is 29.7 Å². The van der Waals surface area contributed by atoms with E-state index in [2.05, 4.69) is 12.6 Å². The van der Waals surface area contributed by atoms with Crippen molar-refractivity contribution in [3.8, 4) is 0 Å². The van der Waals surface area contributed by atoms with E-state index in [1.54, 1.807) is 19.2 Å². The number of carboxylic acid groups (broad SMARTS) is 1. The Morgan fingerprint density at radius 2 is 2.11 bits per heavy atom. The average molecular weight is 448 g/mol. The highest BCUT2D eigenvalue weighted by Crippen LogP contribution is 2.64. The van der Waals surface area contributed by atoms with Crippen molar-refractivity contribution in [2.75, 3.05) is 19.4 Å².